The third-order valence-corrected chi connectivity index (χ3v) is 7.66. The fourth-order valence-corrected chi connectivity index (χ4v) is 7.05. The van der Waals surface area contributed by atoms with E-state index in [0.29, 0.717) is 11.9 Å². The Morgan fingerprint density at radius 1 is 1.12 bits per heavy atom. The molecule has 4 saturated carbocycles. The van der Waals surface area contributed by atoms with Gasteiger partial charge in [0.2, 0.25) is 5.91 Å². The highest BCUT2D eigenvalue weighted by atomic mass is 16.2. The monoisotopic (exact) mass is 338 g/mol. The van der Waals surface area contributed by atoms with Crippen molar-refractivity contribution in [2.45, 2.75) is 56.4 Å². The van der Waals surface area contributed by atoms with Crippen LogP contribution in [0.1, 0.15) is 50.5 Å². The van der Waals surface area contributed by atoms with E-state index < -0.39 is 0 Å². The first kappa shape index (κ1) is 15.9. The van der Waals surface area contributed by atoms with E-state index in [-0.39, 0.29) is 10.8 Å². The molecule has 1 aromatic rings. The summed E-state index contributed by atoms with van der Waals surface area (Å²) in [5, 5.41) is 3.45. The van der Waals surface area contributed by atoms with E-state index in [2.05, 4.69) is 47.6 Å². The largest absolute Gasteiger partial charge is 0.352 e. The molecule has 1 saturated heterocycles. The third kappa shape index (κ3) is 2.54. The van der Waals surface area contributed by atoms with Gasteiger partial charge in [-0.3, -0.25) is 4.79 Å². The predicted octanol–water partition coefficient (Wildman–Crippen LogP) is 3.34. The number of rotatable bonds is 3. The molecule has 1 aromatic carbocycles. The molecule has 0 radical (unpaired) electrons. The standard InChI is InChI=1S/C22H30N2O/c1-24-8-7-19(14-24)23-20(25)22-12-16-9-17(13-22)11-21(10-16,15-22)18-5-3-2-4-6-18/h2-6,16-17,19H,7-15H2,1H3,(H,23,25). The summed E-state index contributed by atoms with van der Waals surface area (Å²) in [6.07, 6.45) is 8.40. The van der Waals surface area contributed by atoms with Crippen LogP contribution in [0.25, 0.3) is 0 Å². The highest BCUT2D eigenvalue weighted by molar-refractivity contribution is 5.84. The quantitative estimate of drug-likeness (QED) is 0.917. The summed E-state index contributed by atoms with van der Waals surface area (Å²) in [5.41, 5.74) is 1.65. The Labute approximate surface area is 151 Å². The molecule has 0 spiro atoms. The second kappa shape index (κ2) is 5.57. The first-order valence-corrected chi connectivity index (χ1v) is 10.1. The van der Waals surface area contributed by atoms with E-state index in [1.54, 1.807) is 0 Å². The number of likely N-dealkylation sites (tertiary alicyclic amines) is 1. The number of hydrogen-bond acceptors (Lipinski definition) is 2. The lowest BCUT2D eigenvalue weighted by molar-refractivity contribution is -0.149. The smallest absolute Gasteiger partial charge is 0.226 e. The second-order valence-electron chi connectivity index (χ2n) is 9.61. The minimum Gasteiger partial charge on any atom is -0.352 e. The van der Waals surface area contributed by atoms with Crippen molar-refractivity contribution in [2.75, 3.05) is 20.1 Å². The van der Waals surface area contributed by atoms with E-state index >= 15 is 0 Å². The number of carbonyl (C=O) groups excluding carboxylic acids is 1. The van der Waals surface area contributed by atoms with E-state index in [1.807, 2.05) is 0 Å². The van der Waals surface area contributed by atoms with Crippen LogP contribution in [-0.2, 0) is 10.2 Å². The molecule has 6 rings (SSSR count). The maximum absolute atomic E-state index is 13.4. The zero-order valence-electron chi connectivity index (χ0n) is 15.3. The fourth-order valence-electron chi connectivity index (χ4n) is 7.05. The van der Waals surface area contributed by atoms with E-state index in [1.165, 1.54) is 24.8 Å². The molecule has 5 aliphatic rings. The molecule has 5 fully saturated rings. The van der Waals surface area contributed by atoms with Crippen LogP contribution < -0.4 is 5.32 Å². The minimum absolute atomic E-state index is 0.0961. The van der Waals surface area contributed by atoms with Gasteiger partial charge in [-0.05, 0) is 81.4 Å². The highest BCUT2D eigenvalue weighted by Gasteiger charge is 2.61. The SMILES string of the molecule is CN1CCC(NC(=O)C23CC4CC(C2)CC(c2ccccc2)(C4)C3)C1. The van der Waals surface area contributed by atoms with Gasteiger partial charge in [-0.25, -0.2) is 0 Å². The van der Waals surface area contributed by atoms with Crippen molar-refractivity contribution >= 4 is 5.91 Å². The summed E-state index contributed by atoms with van der Waals surface area (Å²) in [6.45, 7) is 2.12. The Morgan fingerprint density at radius 3 is 2.48 bits per heavy atom. The van der Waals surface area contributed by atoms with Gasteiger partial charge < -0.3 is 10.2 Å². The third-order valence-electron chi connectivity index (χ3n) is 7.66. The van der Waals surface area contributed by atoms with Crippen molar-refractivity contribution in [2.24, 2.45) is 17.3 Å². The fraction of sp³-hybridized carbons (Fsp3) is 0.682. The molecule has 3 atom stereocenters. The highest BCUT2D eigenvalue weighted by Crippen LogP contribution is 2.65. The average molecular weight is 338 g/mol. The number of carbonyl (C=O) groups is 1. The topological polar surface area (TPSA) is 32.3 Å². The Kier molecular flexibility index (Phi) is 3.54. The molecule has 0 aromatic heterocycles. The summed E-state index contributed by atoms with van der Waals surface area (Å²) in [5.74, 6) is 1.87. The number of benzene rings is 1. The molecule has 3 nitrogen and oxygen atoms in total. The van der Waals surface area contributed by atoms with Crippen LogP contribution in [0.5, 0.6) is 0 Å². The van der Waals surface area contributed by atoms with Crippen LogP contribution >= 0.6 is 0 Å². The lowest BCUT2D eigenvalue weighted by atomic mass is 9.42. The second-order valence-corrected chi connectivity index (χ2v) is 9.61. The lowest BCUT2D eigenvalue weighted by Gasteiger charge is -2.61. The van der Waals surface area contributed by atoms with Crippen LogP contribution in [0, 0.1) is 17.3 Å². The van der Waals surface area contributed by atoms with E-state index in [9.17, 15) is 4.79 Å². The van der Waals surface area contributed by atoms with Gasteiger partial charge >= 0.3 is 0 Å². The molecule has 25 heavy (non-hydrogen) atoms. The van der Waals surface area contributed by atoms with Crippen molar-refractivity contribution in [1.82, 2.24) is 10.2 Å². The lowest BCUT2D eigenvalue weighted by Crippen LogP contribution is -2.60. The summed E-state index contributed by atoms with van der Waals surface area (Å²) in [7, 11) is 2.15. The minimum atomic E-state index is -0.0961. The average Bonchev–Trinajstić information content (AvgIpc) is 2.99. The van der Waals surface area contributed by atoms with Crippen molar-refractivity contribution in [3.63, 3.8) is 0 Å². The molecule has 4 bridgehead atoms. The van der Waals surface area contributed by atoms with Crippen LogP contribution in [-0.4, -0.2) is 37.0 Å². The van der Waals surface area contributed by atoms with Gasteiger partial charge in [0, 0.05) is 12.6 Å². The normalized spacial score (nSPS) is 42.7. The molecule has 1 amide bonds. The molecule has 1 aliphatic heterocycles. The molecule has 1 heterocycles. The van der Waals surface area contributed by atoms with Gasteiger partial charge in [-0.15, -0.1) is 0 Å². The Balaban J connectivity index is 1.43. The number of likely N-dealkylation sites (N-methyl/N-ethyl adjacent to an activating group) is 1. The Hall–Kier alpha value is -1.35. The number of nitrogens with one attached hydrogen (secondary N) is 1. The summed E-state index contributed by atoms with van der Waals surface area (Å²) in [4.78, 5) is 15.7. The van der Waals surface area contributed by atoms with Gasteiger partial charge in [-0.1, -0.05) is 30.3 Å². The van der Waals surface area contributed by atoms with Gasteiger partial charge in [0.1, 0.15) is 0 Å². The van der Waals surface area contributed by atoms with Crippen LogP contribution in [0.15, 0.2) is 30.3 Å². The van der Waals surface area contributed by atoms with Crippen LogP contribution in [0.4, 0.5) is 0 Å². The van der Waals surface area contributed by atoms with Gasteiger partial charge in [0.15, 0.2) is 0 Å². The Morgan fingerprint density at radius 2 is 1.84 bits per heavy atom. The maximum Gasteiger partial charge on any atom is 0.226 e. The number of hydrogen-bond donors (Lipinski definition) is 1. The van der Waals surface area contributed by atoms with Gasteiger partial charge in [-0.2, -0.15) is 0 Å². The van der Waals surface area contributed by atoms with Gasteiger partial charge in [0.05, 0.1) is 5.41 Å². The summed E-state index contributed by atoms with van der Waals surface area (Å²) >= 11 is 0. The summed E-state index contributed by atoms with van der Waals surface area (Å²) < 4.78 is 0. The van der Waals surface area contributed by atoms with Crippen LogP contribution in [0.3, 0.4) is 0 Å². The van der Waals surface area contributed by atoms with Gasteiger partial charge in [0.25, 0.3) is 0 Å². The molecular formula is C22H30N2O. The van der Waals surface area contributed by atoms with E-state index in [0.717, 1.165) is 50.6 Å². The molecule has 3 heteroatoms. The molecule has 134 valence electrons. The van der Waals surface area contributed by atoms with Crippen molar-refractivity contribution in [3.8, 4) is 0 Å². The van der Waals surface area contributed by atoms with Crippen molar-refractivity contribution in [1.29, 1.82) is 0 Å². The molecular weight excluding hydrogens is 308 g/mol. The number of amides is 1. The first-order chi connectivity index (χ1) is 12.1. The maximum atomic E-state index is 13.4. The molecule has 1 N–H and O–H groups in total. The Bertz CT molecular complexity index is 656. The molecule has 3 unspecified atom stereocenters. The predicted molar refractivity (Wildman–Crippen MR) is 99.3 cm³/mol. The number of nitrogens with zero attached hydrogens (tertiary/aromatic N) is 1. The zero-order chi connectivity index (χ0) is 17.1. The zero-order valence-corrected chi connectivity index (χ0v) is 15.3. The summed E-state index contributed by atoms with van der Waals surface area (Å²) in [6, 6.07) is 11.4. The first-order valence-electron chi connectivity index (χ1n) is 10.1. The molecule has 4 aliphatic carbocycles. The van der Waals surface area contributed by atoms with Crippen molar-refractivity contribution < 1.29 is 4.79 Å². The van der Waals surface area contributed by atoms with Crippen LogP contribution in [0.2, 0.25) is 0 Å². The van der Waals surface area contributed by atoms with E-state index in [4.69, 9.17) is 0 Å². The van der Waals surface area contributed by atoms with Crippen molar-refractivity contribution in [3.05, 3.63) is 35.9 Å².